The van der Waals surface area contributed by atoms with Gasteiger partial charge in [-0.15, -0.1) is 0 Å². The van der Waals surface area contributed by atoms with E-state index in [0.29, 0.717) is 47.2 Å². The number of aromatic nitrogens is 2. The number of benzene rings is 3. The maximum absolute atomic E-state index is 13.8. The molecule has 2 heterocycles. The summed E-state index contributed by atoms with van der Waals surface area (Å²) in [4.78, 5) is 15.6. The molecule has 0 bridgehead atoms. The Morgan fingerprint density at radius 1 is 0.974 bits per heavy atom. The van der Waals surface area contributed by atoms with Crippen LogP contribution in [0.15, 0.2) is 54.6 Å². The van der Waals surface area contributed by atoms with Crippen LogP contribution in [-0.4, -0.2) is 54.0 Å². The number of phenols is 1. The predicted octanol–water partition coefficient (Wildman–Crippen LogP) is 5.21. The summed E-state index contributed by atoms with van der Waals surface area (Å²) >= 11 is 0. The van der Waals surface area contributed by atoms with Crippen molar-refractivity contribution in [2.75, 3.05) is 27.9 Å². The number of methoxy groups -OCH3 is 3. The number of rotatable bonds is 8. The van der Waals surface area contributed by atoms with Crippen LogP contribution >= 0.6 is 0 Å². The van der Waals surface area contributed by atoms with E-state index in [1.165, 1.54) is 0 Å². The number of aromatic hydroxyl groups is 1. The third-order valence-corrected chi connectivity index (χ3v) is 7.06. The van der Waals surface area contributed by atoms with Crippen molar-refractivity contribution in [2.24, 2.45) is 0 Å². The highest BCUT2D eigenvalue weighted by Crippen LogP contribution is 2.45. The molecule has 1 aliphatic rings. The van der Waals surface area contributed by atoms with Crippen molar-refractivity contribution in [1.29, 1.82) is 0 Å². The Kier molecular flexibility index (Phi) is 6.72. The molecule has 1 aliphatic heterocycles. The number of amides is 1. The average Bonchev–Trinajstić information content (AvgIpc) is 3.47. The molecule has 0 radical (unpaired) electrons. The third-order valence-electron chi connectivity index (χ3n) is 7.06. The first kappa shape index (κ1) is 25.2. The summed E-state index contributed by atoms with van der Waals surface area (Å²) in [6.45, 7) is 4.29. The molecule has 0 fully saturated rings. The van der Waals surface area contributed by atoms with E-state index < -0.39 is 6.04 Å². The van der Waals surface area contributed by atoms with E-state index in [1.807, 2.05) is 73.3 Å². The van der Waals surface area contributed by atoms with Crippen LogP contribution in [0.25, 0.3) is 11.3 Å². The fourth-order valence-corrected chi connectivity index (χ4v) is 5.22. The fourth-order valence-electron chi connectivity index (χ4n) is 5.22. The molecule has 1 amide bonds. The Balaban J connectivity index is 1.58. The molecule has 196 valence electrons. The lowest BCUT2D eigenvalue weighted by atomic mass is 9.94. The van der Waals surface area contributed by atoms with Gasteiger partial charge in [-0.2, -0.15) is 5.10 Å². The molecule has 1 aromatic heterocycles. The lowest BCUT2D eigenvalue weighted by molar-refractivity contribution is 0.0745. The monoisotopic (exact) mass is 513 g/mol. The number of carbonyl (C=O) groups excluding carboxylic acids is 1. The van der Waals surface area contributed by atoms with Crippen molar-refractivity contribution < 1.29 is 24.1 Å². The SMILES string of the molecule is COc1cccc([C@H]2c3c(-c4cc(C)cc(C)c4O)n[nH]c3C(=O)N2CCc2ccc(OC)c(OC)c2)c1. The lowest BCUT2D eigenvalue weighted by Gasteiger charge is -2.27. The van der Waals surface area contributed by atoms with E-state index >= 15 is 0 Å². The van der Waals surface area contributed by atoms with Gasteiger partial charge in [0, 0.05) is 17.7 Å². The smallest absolute Gasteiger partial charge is 0.273 e. The van der Waals surface area contributed by atoms with E-state index in [9.17, 15) is 9.90 Å². The van der Waals surface area contributed by atoms with Crippen molar-refractivity contribution in [3.63, 3.8) is 0 Å². The number of hydrogen-bond acceptors (Lipinski definition) is 6. The minimum Gasteiger partial charge on any atom is -0.507 e. The number of ether oxygens (including phenoxy) is 3. The van der Waals surface area contributed by atoms with Gasteiger partial charge in [0.05, 0.1) is 27.4 Å². The van der Waals surface area contributed by atoms with Gasteiger partial charge < -0.3 is 24.2 Å². The van der Waals surface area contributed by atoms with Gasteiger partial charge >= 0.3 is 0 Å². The number of hydrogen-bond donors (Lipinski definition) is 2. The number of phenolic OH excluding ortho intramolecular Hbond substituents is 1. The fraction of sp³-hybridized carbons (Fsp3) is 0.267. The quantitative estimate of drug-likeness (QED) is 0.336. The first-order valence-electron chi connectivity index (χ1n) is 12.4. The highest BCUT2D eigenvalue weighted by Gasteiger charge is 2.42. The maximum atomic E-state index is 13.8. The van der Waals surface area contributed by atoms with Crippen LogP contribution in [0.2, 0.25) is 0 Å². The van der Waals surface area contributed by atoms with Crippen LogP contribution in [0, 0.1) is 13.8 Å². The number of nitrogens with zero attached hydrogens (tertiary/aromatic N) is 2. The summed E-state index contributed by atoms with van der Waals surface area (Å²) in [5.74, 6) is 2.01. The van der Waals surface area contributed by atoms with E-state index in [4.69, 9.17) is 14.2 Å². The molecule has 8 nitrogen and oxygen atoms in total. The highest BCUT2D eigenvalue weighted by atomic mass is 16.5. The molecular formula is C30H31N3O5. The van der Waals surface area contributed by atoms with Crippen LogP contribution in [-0.2, 0) is 6.42 Å². The van der Waals surface area contributed by atoms with E-state index in [0.717, 1.165) is 27.8 Å². The average molecular weight is 514 g/mol. The molecule has 5 rings (SSSR count). The summed E-state index contributed by atoms with van der Waals surface area (Å²) < 4.78 is 16.3. The second kappa shape index (κ2) is 10.1. The summed E-state index contributed by atoms with van der Waals surface area (Å²) in [5, 5.41) is 18.4. The second-order valence-corrected chi connectivity index (χ2v) is 9.46. The number of nitrogens with one attached hydrogen (secondary N) is 1. The van der Waals surface area contributed by atoms with Crippen LogP contribution in [0.3, 0.4) is 0 Å². The molecular weight excluding hydrogens is 482 g/mol. The molecule has 2 N–H and O–H groups in total. The maximum Gasteiger partial charge on any atom is 0.273 e. The zero-order valence-electron chi connectivity index (χ0n) is 22.2. The van der Waals surface area contributed by atoms with E-state index in [-0.39, 0.29) is 11.7 Å². The Labute approximate surface area is 221 Å². The second-order valence-electron chi connectivity index (χ2n) is 9.46. The summed E-state index contributed by atoms with van der Waals surface area (Å²) in [7, 11) is 4.83. The summed E-state index contributed by atoms with van der Waals surface area (Å²) in [6, 6.07) is 16.9. The van der Waals surface area contributed by atoms with Gasteiger partial charge in [-0.05, 0) is 72.9 Å². The highest BCUT2D eigenvalue weighted by molar-refractivity contribution is 6.00. The van der Waals surface area contributed by atoms with Gasteiger partial charge in [0.1, 0.15) is 22.9 Å². The largest absolute Gasteiger partial charge is 0.507 e. The molecule has 0 saturated heterocycles. The number of aryl methyl sites for hydroxylation is 2. The van der Waals surface area contributed by atoms with Gasteiger partial charge in [-0.1, -0.05) is 24.3 Å². The standard InChI is InChI=1S/C30H31N3O5/c1-17-13-18(2)29(34)22(14-17)26-25-27(32-31-26)30(35)33(28(25)20-7-6-8-21(16-20)36-3)12-11-19-9-10-23(37-4)24(15-19)38-5/h6-10,13-16,28,34H,11-12H2,1-5H3,(H,31,32)/t28-/m0/s1. The van der Waals surface area contributed by atoms with Crippen LogP contribution in [0.4, 0.5) is 0 Å². The number of carbonyl (C=O) groups is 1. The van der Waals surface area contributed by atoms with Gasteiger partial charge in [-0.3, -0.25) is 9.89 Å². The molecule has 4 aromatic rings. The van der Waals surface area contributed by atoms with Gasteiger partial charge in [0.25, 0.3) is 5.91 Å². The Hall–Kier alpha value is -4.46. The zero-order valence-corrected chi connectivity index (χ0v) is 22.2. The first-order chi connectivity index (χ1) is 18.4. The van der Waals surface area contributed by atoms with Gasteiger partial charge in [0.15, 0.2) is 11.5 Å². The summed E-state index contributed by atoms with van der Waals surface area (Å²) in [5.41, 5.74) is 6.01. The lowest BCUT2D eigenvalue weighted by Crippen LogP contribution is -2.31. The number of H-pyrrole nitrogens is 1. The van der Waals surface area contributed by atoms with Gasteiger partial charge in [-0.25, -0.2) is 0 Å². The van der Waals surface area contributed by atoms with Crippen LogP contribution in [0.1, 0.15) is 44.3 Å². The zero-order chi connectivity index (χ0) is 27.0. The van der Waals surface area contributed by atoms with Crippen LogP contribution < -0.4 is 14.2 Å². The van der Waals surface area contributed by atoms with Crippen molar-refractivity contribution in [3.05, 3.63) is 88.1 Å². The molecule has 38 heavy (non-hydrogen) atoms. The molecule has 3 aromatic carbocycles. The molecule has 1 atom stereocenters. The molecule has 0 saturated carbocycles. The topological polar surface area (TPSA) is 96.9 Å². The number of fused-ring (bicyclic) bond motifs is 1. The predicted molar refractivity (Wildman–Crippen MR) is 144 cm³/mol. The van der Waals surface area contributed by atoms with E-state index in [1.54, 1.807) is 21.3 Å². The number of aromatic amines is 1. The Morgan fingerprint density at radius 3 is 2.50 bits per heavy atom. The molecule has 8 heteroatoms. The molecule has 0 unspecified atom stereocenters. The Bertz CT molecular complexity index is 1510. The molecule has 0 spiro atoms. The minimum absolute atomic E-state index is 0.143. The van der Waals surface area contributed by atoms with Crippen LogP contribution in [0.5, 0.6) is 23.0 Å². The van der Waals surface area contributed by atoms with Crippen molar-refractivity contribution in [3.8, 4) is 34.3 Å². The summed E-state index contributed by atoms with van der Waals surface area (Å²) in [6.07, 6.45) is 0.606. The third kappa shape index (κ3) is 4.32. The van der Waals surface area contributed by atoms with Gasteiger partial charge in [0.2, 0.25) is 0 Å². The molecule has 0 aliphatic carbocycles. The first-order valence-corrected chi connectivity index (χ1v) is 12.4. The Morgan fingerprint density at radius 2 is 1.76 bits per heavy atom. The van der Waals surface area contributed by atoms with Crippen molar-refractivity contribution in [2.45, 2.75) is 26.3 Å². The van der Waals surface area contributed by atoms with Crippen molar-refractivity contribution >= 4 is 5.91 Å². The van der Waals surface area contributed by atoms with Crippen molar-refractivity contribution in [1.82, 2.24) is 15.1 Å². The normalized spacial score (nSPS) is 14.5. The van der Waals surface area contributed by atoms with E-state index in [2.05, 4.69) is 10.2 Å². The minimum atomic E-state index is -0.415.